The molecular weight excluding hydrogens is 293 g/mol. The van der Waals surface area contributed by atoms with E-state index in [2.05, 4.69) is 9.97 Å². The van der Waals surface area contributed by atoms with Crippen LogP contribution in [0, 0.1) is 12.7 Å². The third-order valence-corrected chi connectivity index (χ3v) is 3.22. The molecule has 0 saturated heterocycles. The first kappa shape index (κ1) is 15.5. The highest BCUT2D eigenvalue weighted by molar-refractivity contribution is 6.30. The second kappa shape index (κ2) is 5.48. The number of anilines is 1. The molecule has 0 saturated carbocycles. The average molecular weight is 310 g/mol. The van der Waals surface area contributed by atoms with E-state index in [-0.39, 0.29) is 10.4 Å². The Bertz CT molecular complexity index is 683. The van der Waals surface area contributed by atoms with Crippen molar-refractivity contribution in [3.05, 3.63) is 40.4 Å². The first-order chi connectivity index (χ1) is 9.68. The van der Waals surface area contributed by atoms with Crippen LogP contribution >= 0.6 is 11.6 Å². The van der Waals surface area contributed by atoms with Crippen molar-refractivity contribution in [2.75, 3.05) is 5.73 Å². The van der Waals surface area contributed by atoms with Gasteiger partial charge in [0, 0.05) is 11.5 Å². The largest absolute Gasteiger partial charge is 0.438 e. The lowest BCUT2D eigenvalue weighted by Gasteiger charge is -2.19. The summed E-state index contributed by atoms with van der Waals surface area (Å²) in [6.45, 7) is 7.68. The molecular formula is C15H17ClFN3O. The number of hydrogen-bond acceptors (Lipinski definition) is 4. The second-order valence-electron chi connectivity index (χ2n) is 5.79. The van der Waals surface area contributed by atoms with Crippen LogP contribution in [0.1, 0.15) is 32.2 Å². The Hall–Kier alpha value is -1.88. The fourth-order valence-electron chi connectivity index (χ4n) is 1.60. The molecule has 0 bridgehead atoms. The molecule has 21 heavy (non-hydrogen) atoms. The summed E-state index contributed by atoms with van der Waals surface area (Å²) in [7, 11) is 0. The first-order valence-corrected chi connectivity index (χ1v) is 6.84. The molecule has 0 unspecified atom stereocenters. The molecule has 2 rings (SSSR count). The lowest BCUT2D eigenvalue weighted by molar-refractivity contribution is 0.439. The molecule has 0 radical (unpaired) electrons. The highest BCUT2D eigenvalue weighted by Crippen LogP contribution is 2.30. The summed E-state index contributed by atoms with van der Waals surface area (Å²) in [5, 5.41) is 0.0386. The van der Waals surface area contributed by atoms with E-state index in [1.807, 2.05) is 20.8 Å². The van der Waals surface area contributed by atoms with Gasteiger partial charge in [0.05, 0.1) is 10.6 Å². The highest BCUT2D eigenvalue weighted by atomic mass is 35.5. The van der Waals surface area contributed by atoms with E-state index in [1.165, 1.54) is 12.1 Å². The van der Waals surface area contributed by atoms with Crippen LogP contribution in [0.2, 0.25) is 5.02 Å². The van der Waals surface area contributed by atoms with Crippen molar-refractivity contribution in [3.8, 4) is 11.6 Å². The summed E-state index contributed by atoms with van der Waals surface area (Å²) in [4.78, 5) is 8.65. The predicted molar refractivity (Wildman–Crippen MR) is 81.4 cm³/mol. The van der Waals surface area contributed by atoms with Gasteiger partial charge in [-0.1, -0.05) is 32.4 Å². The van der Waals surface area contributed by atoms with Gasteiger partial charge in [0.25, 0.3) is 0 Å². The molecule has 1 heterocycles. The van der Waals surface area contributed by atoms with Crippen LogP contribution in [0.25, 0.3) is 0 Å². The van der Waals surface area contributed by atoms with Crippen molar-refractivity contribution >= 4 is 17.4 Å². The Kier molecular flexibility index (Phi) is 4.05. The predicted octanol–water partition coefficient (Wildman–Crippen LogP) is 4.25. The molecule has 0 atom stereocenters. The molecule has 2 aromatic rings. The summed E-state index contributed by atoms with van der Waals surface area (Å²) in [5.74, 6) is 0.978. The Morgan fingerprint density at radius 3 is 2.48 bits per heavy atom. The number of rotatable bonds is 2. The molecule has 0 spiro atoms. The van der Waals surface area contributed by atoms with Gasteiger partial charge in [-0.25, -0.2) is 9.37 Å². The van der Waals surface area contributed by atoms with Gasteiger partial charge in [-0.05, 0) is 19.1 Å². The zero-order chi connectivity index (χ0) is 15.8. The minimum Gasteiger partial charge on any atom is -0.438 e. The molecule has 0 aliphatic heterocycles. The van der Waals surface area contributed by atoms with Crippen molar-refractivity contribution in [1.29, 1.82) is 0 Å². The van der Waals surface area contributed by atoms with Gasteiger partial charge in [0.2, 0.25) is 5.88 Å². The number of hydrogen-bond donors (Lipinski definition) is 1. The number of halogens is 2. The lowest BCUT2D eigenvalue weighted by Crippen LogP contribution is -2.18. The summed E-state index contributed by atoms with van der Waals surface area (Å²) < 4.78 is 19.1. The Morgan fingerprint density at radius 2 is 1.90 bits per heavy atom. The molecule has 1 aromatic carbocycles. The first-order valence-electron chi connectivity index (χ1n) is 6.46. The summed E-state index contributed by atoms with van der Waals surface area (Å²) in [6, 6.07) is 4.20. The van der Waals surface area contributed by atoms with Crippen LogP contribution < -0.4 is 10.5 Å². The van der Waals surface area contributed by atoms with Gasteiger partial charge < -0.3 is 10.5 Å². The van der Waals surface area contributed by atoms with Crippen LogP contribution in [0.4, 0.5) is 10.2 Å². The van der Waals surface area contributed by atoms with Crippen LogP contribution in [0.5, 0.6) is 11.6 Å². The molecule has 0 fully saturated rings. The fourth-order valence-corrected chi connectivity index (χ4v) is 1.72. The molecule has 4 nitrogen and oxygen atoms in total. The van der Waals surface area contributed by atoms with Gasteiger partial charge in [0.1, 0.15) is 23.2 Å². The van der Waals surface area contributed by atoms with Crippen molar-refractivity contribution in [1.82, 2.24) is 9.97 Å². The Morgan fingerprint density at radius 1 is 1.24 bits per heavy atom. The van der Waals surface area contributed by atoms with Gasteiger partial charge in [-0.2, -0.15) is 4.98 Å². The fraction of sp³-hybridized carbons (Fsp3) is 0.333. The van der Waals surface area contributed by atoms with E-state index in [0.29, 0.717) is 28.8 Å². The summed E-state index contributed by atoms with van der Waals surface area (Å²) >= 11 is 5.65. The number of ether oxygens (including phenoxy) is 1. The van der Waals surface area contributed by atoms with Crippen molar-refractivity contribution in [2.45, 2.75) is 33.1 Å². The molecule has 0 aliphatic rings. The molecule has 0 amide bonds. The van der Waals surface area contributed by atoms with Gasteiger partial charge in [-0.15, -0.1) is 0 Å². The van der Waals surface area contributed by atoms with Crippen LogP contribution in [0.3, 0.4) is 0 Å². The molecule has 112 valence electrons. The zero-order valence-electron chi connectivity index (χ0n) is 12.4. The number of aromatic nitrogens is 2. The Labute approximate surface area is 128 Å². The van der Waals surface area contributed by atoms with Gasteiger partial charge >= 0.3 is 0 Å². The SMILES string of the molecule is Cc1c(N)nc(C(C)(C)C)nc1Oc1ccc(Cl)c(F)c1. The van der Waals surface area contributed by atoms with E-state index >= 15 is 0 Å². The molecule has 1 aromatic heterocycles. The maximum Gasteiger partial charge on any atom is 0.227 e. The van der Waals surface area contributed by atoms with Crippen LogP contribution in [0.15, 0.2) is 18.2 Å². The highest BCUT2D eigenvalue weighted by Gasteiger charge is 2.21. The minimum atomic E-state index is -0.551. The molecule has 0 aliphatic carbocycles. The number of nitrogens with two attached hydrogens (primary N) is 1. The number of nitrogen functional groups attached to an aromatic ring is 1. The van der Waals surface area contributed by atoms with Gasteiger partial charge in [-0.3, -0.25) is 0 Å². The smallest absolute Gasteiger partial charge is 0.227 e. The van der Waals surface area contributed by atoms with E-state index in [4.69, 9.17) is 22.1 Å². The van der Waals surface area contributed by atoms with E-state index in [1.54, 1.807) is 13.0 Å². The standard InChI is InChI=1S/C15H17ClFN3O/c1-8-12(18)19-14(15(2,3)4)20-13(8)21-9-5-6-10(16)11(17)7-9/h5-7H,1-4H3,(H2,18,19,20). The topological polar surface area (TPSA) is 61.0 Å². The maximum atomic E-state index is 13.5. The molecule has 2 N–H and O–H groups in total. The van der Waals surface area contributed by atoms with Crippen molar-refractivity contribution in [2.24, 2.45) is 0 Å². The number of nitrogens with zero attached hydrogens (tertiary/aromatic N) is 2. The lowest BCUT2D eigenvalue weighted by atomic mass is 9.95. The quantitative estimate of drug-likeness (QED) is 0.901. The third-order valence-electron chi connectivity index (χ3n) is 2.92. The monoisotopic (exact) mass is 309 g/mol. The zero-order valence-corrected chi connectivity index (χ0v) is 13.1. The van der Waals surface area contributed by atoms with Crippen molar-refractivity contribution < 1.29 is 9.13 Å². The van der Waals surface area contributed by atoms with Gasteiger partial charge in [0.15, 0.2) is 0 Å². The van der Waals surface area contributed by atoms with Crippen molar-refractivity contribution in [3.63, 3.8) is 0 Å². The number of benzene rings is 1. The van der Waals surface area contributed by atoms with E-state index in [9.17, 15) is 4.39 Å². The molecule has 6 heteroatoms. The summed E-state index contributed by atoms with van der Waals surface area (Å²) in [6.07, 6.45) is 0. The van der Waals surface area contributed by atoms with Crippen LogP contribution in [-0.4, -0.2) is 9.97 Å². The third kappa shape index (κ3) is 3.42. The minimum absolute atomic E-state index is 0.0386. The van der Waals surface area contributed by atoms with E-state index in [0.717, 1.165) is 0 Å². The average Bonchev–Trinajstić information content (AvgIpc) is 2.38. The summed E-state index contributed by atoms with van der Waals surface area (Å²) in [5.41, 5.74) is 6.24. The Balaban J connectivity index is 2.43. The van der Waals surface area contributed by atoms with Crippen LogP contribution in [-0.2, 0) is 5.41 Å². The maximum absolute atomic E-state index is 13.5. The normalized spacial score (nSPS) is 11.5. The second-order valence-corrected chi connectivity index (χ2v) is 6.20. The van der Waals surface area contributed by atoms with E-state index < -0.39 is 5.82 Å².